The molecule has 0 aromatic heterocycles. The molecule has 0 saturated heterocycles. The summed E-state index contributed by atoms with van der Waals surface area (Å²) in [7, 11) is 4.05. The lowest BCUT2D eigenvalue weighted by atomic mass is 10.2. The molecule has 2 aromatic carbocycles. The third-order valence-electron chi connectivity index (χ3n) is 2.75. The lowest BCUT2D eigenvalue weighted by Crippen LogP contribution is -2.07. The van der Waals surface area contributed by atoms with Crippen LogP contribution in [0, 0.1) is 0 Å². The van der Waals surface area contributed by atoms with Gasteiger partial charge in [-0.05, 0) is 48.0 Å². The third-order valence-corrected chi connectivity index (χ3v) is 2.75. The molecule has 0 bridgehead atoms. The number of anilines is 2. The quantitative estimate of drug-likeness (QED) is 0.671. The smallest absolute Gasteiger partial charge is 0.126 e. The molecule has 0 aliphatic rings. The molecule has 0 aliphatic carbocycles. The van der Waals surface area contributed by atoms with E-state index in [4.69, 9.17) is 10.5 Å². The van der Waals surface area contributed by atoms with E-state index in [1.54, 1.807) is 6.26 Å². The van der Waals surface area contributed by atoms with Gasteiger partial charge in [0.15, 0.2) is 0 Å². The summed E-state index contributed by atoms with van der Waals surface area (Å²) in [6.07, 6.45) is 3.60. The maximum absolute atomic E-state index is 5.61. The van der Waals surface area contributed by atoms with Crippen LogP contribution in [0.1, 0.15) is 5.56 Å². The van der Waals surface area contributed by atoms with Crippen LogP contribution >= 0.6 is 0 Å². The highest BCUT2D eigenvalue weighted by molar-refractivity contribution is 5.55. The van der Waals surface area contributed by atoms with Gasteiger partial charge in [0.1, 0.15) is 5.75 Å². The molecule has 3 nitrogen and oxygen atoms in total. The van der Waals surface area contributed by atoms with Crippen LogP contribution in [0.4, 0.5) is 11.4 Å². The van der Waals surface area contributed by atoms with Gasteiger partial charge in [-0.3, -0.25) is 0 Å². The minimum atomic E-state index is 0.732. The van der Waals surface area contributed by atoms with Crippen LogP contribution in [0.15, 0.2) is 54.8 Å². The highest BCUT2D eigenvalue weighted by Crippen LogP contribution is 2.15. The van der Waals surface area contributed by atoms with E-state index in [9.17, 15) is 0 Å². The van der Waals surface area contributed by atoms with Gasteiger partial charge in [0.2, 0.25) is 0 Å². The van der Waals surface area contributed by atoms with E-state index in [0.29, 0.717) is 0 Å². The minimum absolute atomic E-state index is 0.732. The van der Waals surface area contributed by atoms with Gasteiger partial charge in [-0.1, -0.05) is 12.1 Å². The molecule has 19 heavy (non-hydrogen) atoms. The zero-order chi connectivity index (χ0) is 13.7. The Morgan fingerprint density at radius 3 is 2.16 bits per heavy atom. The molecule has 0 spiro atoms. The Morgan fingerprint density at radius 1 is 0.947 bits per heavy atom. The minimum Gasteiger partial charge on any atom is -0.465 e. The molecule has 0 unspecified atom stereocenters. The molecule has 3 heteroatoms. The SMILES string of the molecule is CN(C)c1ccc(C=COc2ccc(N)cc2)cc1. The Kier molecular flexibility index (Phi) is 4.08. The van der Waals surface area contributed by atoms with Crippen molar-refractivity contribution in [1.82, 2.24) is 0 Å². The molecule has 0 amide bonds. The van der Waals surface area contributed by atoms with Gasteiger partial charge in [0.05, 0.1) is 6.26 Å². The zero-order valence-corrected chi connectivity index (χ0v) is 11.2. The lowest BCUT2D eigenvalue weighted by Gasteiger charge is -2.11. The molecule has 0 atom stereocenters. The molecular formula is C16H18N2O. The summed E-state index contributed by atoms with van der Waals surface area (Å²) in [4.78, 5) is 2.07. The normalized spacial score (nSPS) is 10.6. The Hall–Kier alpha value is -2.42. The molecule has 2 aromatic rings. The lowest BCUT2D eigenvalue weighted by molar-refractivity contribution is 0.485. The van der Waals surface area contributed by atoms with Crippen molar-refractivity contribution in [3.05, 3.63) is 60.4 Å². The second kappa shape index (κ2) is 5.96. The predicted octanol–water partition coefficient (Wildman–Crippen LogP) is 3.38. The summed E-state index contributed by atoms with van der Waals surface area (Å²) in [6.45, 7) is 0. The van der Waals surface area contributed by atoms with Gasteiger partial charge in [-0.2, -0.15) is 0 Å². The van der Waals surface area contributed by atoms with Crippen molar-refractivity contribution < 1.29 is 4.74 Å². The number of ether oxygens (including phenoxy) is 1. The summed E-state index contributed by atoms with van der Waals surface area (Å²) < 4.78 is 5.50. The van der Waals surface area contributed by atoms with Crippen LogP contribution in [0.5, 0.6) is 5.75 Å². The van der Waals surface area contributed by atoms with E-state index in [0.717, 1.165) is 17.0 Å². The van der Waals surface area contributed by atoms with Gasteiger partial charge in [-0.25, -0.2) is 0 Å². The number of hydrogen-bond donors (Lipinski definition) is 1. The van der Waals surface area contributed by atoms with Crippen LogP contribution in [0.2, 0.25) is 0 Å². The molecule has 0 heterocycles. The number of rotatable bonds is 4. The van der Waals surface area contributed by atoms with Crippen molar-refractivity contribution in [1.29, 1.82) is 0 Å². The Bertz CT molecular complexity index is 542. The van der Waals surface area contributed by atoms with Crippen LogP contribution in [0.25, 0.3) is 6.08 Å². The van der Waals surface area contributed by atoms with Crippen molar-refractivity contribution in [3.63, 3.8) is 0 Å². The number of nitrogens with zero attached hydrogens (tertiary/aromatic N) is 1. The summed E-state index contributed by atoms with van der Waals surface area (Å²) in [5, 5.41) is 0. The van der Waals surface area contributed by atoms with E-state index in [2.05, 4.69) is 29.2 Å². The Labute approximate surface area is 113 Å². The first-order valence-electron chi connectivity index (χ1n) is 6.11. The summed E-state index contributed by atoms with van der Waals surface area (Å²) in [6, 6.07) is 15.6. The van der Waals surface area contributed by atoms with Gasteiger partial charge < -0.3 is 15.4 Å². The fourth-order valence-electron chi connectivity index (χ4n) is 1.62. The molecule has 0 fully saturated rings. The van der Waals surface area contributed by atoms with Gasteiger partial charge in [0.25, 0.3) is 0 Å². The second-order valence-electron chi connectivity index (χ2n) is 4.48. The first kappa shape index (κ1) is 13.0. The highest BCUT2D eigenvalue weighted by Gasteiger charge is 1.94. The molecular weight excluding hydrogens is 236 g/mol. The van der Waals surface area contributed by atoms with Crippen molar-refractivity contribution in [2.75, 3.05) is 24.7 Å². The largest absolute Gasteiger partial charge is 0.465 e. The highest BCUT2D eigenvalue weighted by atomic mass is 16.5. The molecule has 0 saturated carbocycles. The average molecular weight is 254 g/mol. The van der Waals surface area contributed by atoms with Crippen molar-refractivity contribution >= 4 is 17.5 Å². The third kappa shape index (κ3) is 3.78. The Balaban J connectivity index is 1.97. The van der Waals surface area contributed by atoms with Gasteiger partial charge in [0, 0.05) is 25.5 Å². The van der Waals surface area contributed by atoms with Crippen LogP contribution in [-0.2, 0) is 0 Å². The monoisotopic (exact) mass is 254 g/mol. The van der Waals surface area contributed by atoms with Gasteiger partial charge >= 0.3 is 0 Å². The molecule has 98 valence electrons. The topological polar surface area (TPSA) is 38.5 Å². The summed E-state index contributed by atoms with van der Waals surface area (Å²) in [5.74, 6) is 0.773. The second-order valence-corrected chi connectivity index (χ2v) is 4.48. The fraction of sp³-hybridized carbons (Fsp3) is 0.125. The van der Waals surface area contributed by atoms with E-state index in [1.165, 1.54) is 5.69 Å². The van der Waals surface area contributed by atoms with Crippen molar-refractivity contribution in [2.45, 2.75) is 0 Å². The van der Waals surface area contributed by atoms with Crippen LogP contribution in [-0.4, -0.2) is 14.1 Å². The zero-order valence-electron chi connectivity index (χ0n) is 11.2. The maximum atomic E-state index is 5.61. The summed E-state index contributed by atoms with van der Waals surface area (Å²) in [5.41, 5.74) is 8.62. The molecule has 2 rings (SSSR count). The summed E-state index contributed by atoms with van der Waals surface area (Å²) >= 11 is 0. The average Bonchev–Trinajstić information content (AvgIpc) is 2.41. The molecule has 2 N–H and O–H groups in total. The van der Waals surface area contributed by atoms with Gasteiger partial charge in [-0.15, -0.1) is 0 Å². The first-order chi connectivity index (χ1) is 9.15. The number of nitrogen functional groups attached to an aromatic ring is 1. The predicted molar refractivity (Wildman–Crippen MR) is 81.3 cm³/mol. The number of benzene rings is 2. The number of hydrogen-bond acceptors (Lipinski definition) is 3. The van der Waals surface area contributed by atoms with E-state index in [1.807, 2.05) is 44.4 Å². The first-order valence-corrected chi connectivity index (χ1v) is 6.11. The fourth-order valence-corrected chi connectivity index (χ4v) is 1.62. The van der Waals surface area contributed by atoms with Crippen LogP contribution < -0.4 is 15.4 Å². The maximum Gasteiger partial charge on any atom is 0.126 e. The Morgan fingerprint density at radius 2 is 1.58 bits per heavy atom. The molecule has 0 radical (unpaired) electrons. The number of nitrogens with two attached hydrogens (primary N) is 1. The van der Waals surface area contributed by atoms with E-state index < -0.39 is 0 Å². The van der Waals surface area contributed by atoms with Crippen molar-refractivity contribution in [3.8, 4) is 5.75 Å². The standard InChI is InChI=1S/C16H18N2O/c1-18(2)15-7-3-13(4-8-15)11-12-19-16-9-5-14(17)6-10-16/h3-12H,17H2,1-2H3. The van der Waals surface area contributed by atoms with Crippen LogP contribution in [0.3, 0.4) is 0 Å². The van der Waals surface area contributed by atoms with Crippen molar-refractivity contribution in [2.24, 2.45) is 0 Å². The molecule has 0 aliphatic heterocycles. The van der Waals surface area contributed by atoms with E-state index in [-0.39, 0.29) is 0 Å². The van der Waals surface area contributed by atoms with E-state index >= 15 is 0 Å².